The Labute approximate surface area is 121 Å². The SMILES string of the molecule is CC(=O)CCCCCNC(=O)CCN1CC(C)CC1=O. The van der Waals surface area contributed by atoms with Crippen LogP contribution < -0.4 is 5.32 Å². The van der Waals surface area contributed by atoms with Gasteiger partial charge in [-0.1, -0.05) is 13.3 Å². The maximum atomic E-state index is 11.6. The van der Waals surface area contributed by atoms with Crippen LogP contribution in [0.2, 0.25) is 0 Å². The van der Waals surface area contributed by atoms with E-state index in [0.29, 0.717) is 38.3 Å². The van der Waals surface area contributed by atoms with Crippen molar-refractivity contribution in [3.8, 4) is 0 Å². The molecule has 5 nitrogen and oxygen atoms in total. The van der Waals surface area contributed by atoms with Crippen LogP contribution in [0, 0.1) is 5.92 Å². The van der Waals surface area contributed by atoms with Crippen LogP contribution in [0.5, 0.6) is 0 Å². The fourth-order valence-corrected chi connectivity index (χ4v) is 2.41. The summed E-state index contributed by atoms with van der Waals surface area (Å²) in [5.74, 6) is 0.795. The molecule has 0 aromatic heterocycles. The molecular formula is C15H26N2O3. The van der Waals surface area contributed by atoms with E-state index in [-0.39, 0.29) is 17.6 Å². The van der Waals surface area contributed by atoms with Crippen LogP contribution in [-0.4, -0.2) is 42.1 Å². The van der Waals surface area contributed by atoms with Crippen molar-refractivity contribution in [1.82, 2.24) is 10.2 Å². The van der Waals surface area contributed by atoms with Gasteiger partial charge < -0.3 is 15.0 Å². The van der Waals surface area contributed by atoms with Crippen LogP contribution in [0.4, 0.5) is 0 Å². The summed E-state index contributed by atoms with van der Waals surface area (Å²) in [4.78, 5) is 35.7. The topological polar surface area (TPSA) is 66.5 Å². The van der Waals surface area contributed by atoms with Crippen molar-refractivity contribution < 1.29 is 14.4 Å². The minimum Gasteiger partial charge on any atom is -0.356 e. The highest BCUT2D eigenvalue weighted by molar-refractivity contribution is 5.80. The molecule has 0 spiro atoms. The lowest BCUT2D eigenvalue weighted by Gasteiger charge is -2.15. The summed E-state index contributed by atoms with van der Waals surface area (Å²) in [6, 6.07) is 0. The van der Waals surface area contributed by atoms with E-state index < -0.39 is 0 Å². The van der Waals surface area contributed by atoms with Crippen molar-refractivity contribution >= 4 is 17.6 Å². The minimum atomic E-state index is 0.00363. The van der Waals surface area contributed by atoms with Crippen LogP contribution >= 0.6 is 0 Å². The number of amides is 2. The predicted octanol–water partition coefficient (Wildman–Crippen LogP) is 1.51. The van der Waals surface area contributed by atoms with Gasteiger partial charge in [-0.15, -0.1) is 0 Å². The number of Topliss-reactive ketones (excluding diaryl/α,β-unsaturated/α-hetero) is 1. The third-order valence-electron chi connectivity index (χ3n) is 3.54. The van der Waals surface area contributed by atoms with Crippen LogP contribution in [0.1, 0.15) is 52.4 Å². The molecule has 0 aromatic carbocycles. The van der Waals surface area contributed by atoms with E-state index in [1.165, 1.54) is 0 Å². The second-order valence-electron chi connectivity index (χ2n) is 5.76. The summed E-state index contributed by atoms with van der Waals surface area (Å²) in [7, 11) is 0. The number of ketones is 1. The molecule has 2 amide bonds. The summed E-state index contributed by atoms with van der Waals surface area (Å²) in [6.45, 7) is 5.61. The molecule has 5 heteroatoms. The molecule has 1 aliphatic rings. The van der Waals surface area contributed by atoms with Gasteiger partial charge >= 0.3 is 0 Å². The van der Waals surface area contributed by atoms with Crippen molar-refractivity contribution in [2.75, 3.05) is 19.6 Å². The fraction of sp³-hybridized carbons (Fsp3) is 0.800. The molecule has 0 radical (unpaired) electrons. The molecule has 1 unspecified atom stereocenters. The van der Waals surface area contributed by atoms with Crippen LogP contribution in [0.25, 0.3) is 0 Å². The Hall–Kier alpha value is -1.39. The maximum absolute atomic E-state index is 11.6. The van der Waals surface area contributed by atoms with Crippen LogP contribution in [-0.2, 0) is 14.4 Å². The van der Waals surface area contributed by atoms with Gasteiger partial charge in [-0.25, -0.2) is 0 Å². The lowest BCUT2D eigenvalue weighted by molar-refractivity contribution is -0.128. The Balaban J connectivity index is 2.01. The van der Waals surface area contributed by atoms with E-state index in [9.17, 15) is 14.4 Å². The Bertz CT molecular complexity index is 355. The molecule has 1 heterocycles. The standard InChI is InChI=1S/C15H26N2O3/c1-12-10-15(20)17(11-12)9-7-14(19)16-8-5-3-4-6-13(2)18/h12H,3-11H2,1-2H3,(H,16,19). The van der Waals surface area contributed by atoms with Gasteiger partial charge in [0, 0.05) is 38.9 Å². The maximum Gasteiger partial charge on any atom is 0.222 e. The number of unbranched alkanes of at least 4 members (excludes halogenated alkanes) is 2. The highest BCUT2D eigenvalue weighted by atomic mass is 16.2. The average Bonchev–Trinajstić information content (AvgIpc) is 2.69. The number of nitrogens with zero attached hydrogens (tertiary/aromatic N) is 1. The van der Waals surface area contributed by atoms with E-state index in [1.807, 2.05) is 0 Å². The van der Waals surface area contributed by atoms with Crippen LogP contribution in [0.15, 0.2) is 0 Å². The van der Waals surface area contributed by atoms with Gasteiger partial charge in [0.1, 0.15) is 5.78 Å². The molecule has 1 aliphatic heterocycles. The van der Waals surface area contributed by atoms with Gasteiger partial charge in [0.25, 0.3) is 0 Å². The summed E-state index contributed by atoms with van der Waals surface area (Å²) < 4.78 is 0. The number of carbonyl (C=O) groups excluding carboxylic acids is 3. The molecule has 1 rings (SSSR count). The number of carbonyl (C=O) groups is 3. The zero-order chi connectivity index (χ0) is 15.0. The van der Waals surface area contributed by atoms with E-state index in [2.05, 4.69) is 12.2 Å². The largest absolute Gasteiger partial charge is 0.356 e. The molecule has 1 N–H and O–H groups in total. The third-order valence-corrected chi connectivity index (χ3v) is 3.54. The number of nitrogens with one attached hydrogen (secondary N) is 1. The Morgan fingerprint density at radius 2 is 2.00 bits per heavy atom. The molecule has 0 saturated carbocycles. The van der Waals surface area contributed by atoms with E-state index in [4.69, 9.17) is 0 Å². The molecule has 1 saturated heterocycles. The summed E-state index contributed by atoms with van der Waals surface area (Å²) in [6.07, 6.45) is 4.37. The average molecular weight is 282 g/mol. The molecule has 0 aromatic rings. The zero-order valence-electron chi connectivity index (χ0n) is 12.6. The monoisotopic (exact) mass is 282 g/mol. The van der Waals surface area contributed by atoms with Crippen molar-refractivity contribution in [2.24, 2.45) is 5.92 Å². The molecule has 0 aliphatic carbocycles. The van der Waals surface area contributed by atoms with E-state index in [0.717, 1.165) is 25.8 Å². The Morgan fingerprint density at radius 3 is 2.60 bits per heavy atom. The number of likely N-dealkylation sites (tertiary alicyclic amines) is 1. The summed E-state index contributed by atoms with van der Waals surface area (Å²) >= 11 is 0. The summed E-state index contributed by atoms with van der Waals surface area (Å²) in [5, 5.41) is 2.86. The van der Waals surface area contributed by atoms with Gasteiger partial charge in [0.2, 0.25) is 11.8 Å². The van der Waals surface area contributed by atoms with Crippen molar-refractivity contribution in [3.63, 3.8) is 0 Å². The minimum absolute atomic E-state index is 0.00363. The normalized spacial score (nSPS) is 18.4. The van der Waals surface area contributed by atoms with Gasteiger partial charge in [-0.3, -0.25) is 9.59 Å². The van der Waals surface area contributed by atoms with Gasteiger partial charge in [-0.05, 0) is 25.7 Å². The highest BCUT2D eigenvalue weighted by Gasteiger charge is 2.26. The predicted molar refractivity (Wildman–Crippen MR) is 77.1 cm³/mol. The van der Waals surface area contributed by atoms with E-state index in [1.54, 1.807) is 11.8 Å². The van der Waals surface area contributed by atoms with Gasteiger partial charge in [0.05, 0.1) is 0 Å². The third kappa shape index (κ3) is 6.68. The fourth-order valence-electron chi connectivity index (χ4n) is 2.41. The lowest BCUT2D eigenvalue weighted by Crippen LogP contribution is -2.32. The first-order valence-electron chi connectivity index (χ1n) is 7.53. The zero-order valence-corrected chi connectivity index (χ0v) is 12.6. The molecule has 0 bridgehead atoms. The number of rotatable bonds is 9. The highest BCUT2D eigenvalue weighted by Crippen LogP contribution is 2.16. The van der Waals surface area contributed by atoms with Crippen LogP contribution in [0.3, 0.4) is 0 Å². The number of hydrogen-bond acceptors (Lipinski definition) is 3. The van der Waals surface area contributed by atoms with Crippen molar-refractivity contribution in [1.29, 1.82) is 0 Å². The smallest absolute Gasteiger partial charge is 0.222 e. The first-order valence-corrected chi connectivity index (χ1v) is 7.53. The van der Waals surface area contributed by atoms with Gasteiger partial charge in [-0.2, -0.15) is 0 Å². The second-order valence-corrected chi connectivity index (χ2v) is 5.76. The molecule has 1 atom stereocenters. The molecular weight excluding hydrogens is 256 g/mol. The summed E-state index contributed by atoms with van der Waals surface area (Å²) in [5.41, 5.74) is 0. The second kappa shape index (κ2) is 8.72. The molecule has 20 heavy (non-hydrogen) atoms. The quantitative estimate of drug-likeness (QED) is 0.652. The molecule has 114 valence electrons. The Morgan fingerprint density at radius 1 is 1.25 bits per heavy atom. The van der Waals surface area contributed by atoms with E-state index >= 15 is 0 Å². The van der Waals surface area contributed by atoms with Crippen molar-refractivity contribution in [2.45, 2.75) is 52.4 Å². The van der Waals surface area contributed by atoms with Crippen molar-refractivity contribution in [3.05, 3.63) is 0 Å². The lowest BCUT2D eigenvalue weighted by atomic mass is 10.1. The van der Waals surface area contributed by atoms with Gasteiger partial charge in [0.15, 0.2) is 0 Å². The first-order chi connectivity index (χ1) is 9.49. The molecule has 1 fully saturated rings. The Kier molecular flexibility index (Phi) is 7.26. The first kappa shape index (κ1) is 16.7. The number of hydrogen-bond donors (Lipinski definition) is 1.